The molecule has 0 amide bonds. The third kappa shape index (κ3) is 1.99. The highest BCUT2D eigenvalue weighted by Gasteiger charge is 2.09. The lowest BCUT2D eigenvalue weighted by atomic mass is 10.5. The van der Waals surface area contributed by atoms with E-state index in [9.17, 15) is 4.79 Å². The highest BCUT2D eigenvalue weighted by atomic mass is 16.5. The molecular weight excluding hydrogens is 148 g/mol. The number of carbonyl (C=O) groups excluding carboxylic acids is 1. The van der Waals surface area contributed by atoms with E-state index in [0.29, 0.717) is 6.61 Å². The zero-order valence-corrected chi connectivity index (χ0v) is 6.07. The van der Waals surface area contributed by atoms with Crippen molar-refractivity contribution in [3.05, 3.63) is 5.82 Å². The molecule has 6 nitrogen and oxygen atoms in total. The van der Waals surface area contributed by atoms with Gasteiger partial charge in [0.2, 0.25) is 0 Å². The normalized spacial score (nSPS) is 9.55. The van der Waals surface area contributed by atoms with Gasteiger partial charge in [-0.05, 0) is 16.8 Å². The maximum absolute atomic E-state index is 10.9. The van der Waals surface area contributed by atoms with E-state index in [4.69, 9.17) is 4.74 Å². The first-order valence-electron chi connectivity index (χ1n) is 3.25. The standard InChI is InChI=1S/C5H8N4O2/c1-2-3-11-5(10)4-6-8-9-7-4/h2-3H2,1H3,(H,6,7,8,9). The van der Waals surface area contributed by atoms with Gasteiger partial charge in [0, 0.05) is 0 Å². The highest BCUT2D eigenvalue weighted by Crippen LogP contribution is 1.89. The van der Waals surface area contributed by atoms with Crippen molar-refractivity contribution in [1.29, 1.82) is 0 Å². The van der Waals surface area contributed by atoms with Crippen LogP contribution in [0.15, 0.2) is 0 Å². The zero-order chi connectivity index (χ0) is 8.10. The number of rotatable bonds is 3. The fraction of sp³-hybridized carbons (Fsp3) is 0.600. The van der Waals surface area contributed by atoms with Crippen LogP contribution in [-0.4, -0.2) is 33.2 Å². The molecular formula is C5H8N4O2. The molecule has 0 saturated heterocycles. The van der Waals surface area contributed by atoms with Crippen LogP contribution in [0.3, 0.4) is 0 Å². The summed E-state index contributed by atoms with van der Waals surface area (Å²) in [6.07, 6.45) is 0.785. The minimum atomic E-state index is -0.517. The first-order chi connectivity index (χ1) is 5.34. The number of aromatic amines is 1. The van der Waals surface area contributed by atoms with Crippen molar-refractivity contribution in [3.8, 4) is 0 Å². The molecule has 60 valence electrons. The van der Waals surface area contributed by atoms with Crippen molar-refractivity contribution >= 4 is 5.97 Å². The predicted octanol–water partition coefficient (Wildman–Crippen LogP) is -0.234. The lowest BCUT2D eigenvalue weighted by Crippen LogP contribution is -2.07. The molecule has 1 aromatic rings. The molecule has 0 fully saturated rings. The van der Waals surface area contributed by atoms with Gasteiger partial charge in [0.1, 0.15) is 0 Å². The van der Waals surface area contributed by atoms with Crippen molar-refractivity contribution in [2.75, 3.05) is 6.61 Å². The molecule has 1 rings (SSSR count). The fourth-order valence-corrected chi connectivity index (χ4v) is 0.509. The molecule has 1 aromatic heterocycles. The second-order valence-corrected chi connectivity index (χ2v) is 1.89. The highest BCUT2D eigenvalue weighted by molar-refractivity contribution is 5.84. The predicted molar refractivity (Wildman–Crippen MR) is 34.8 cm³/mol. The SMILES string of the molecule is CCCOC(=O)c1nnn[nH]1. The van der Waals surface area contributed by atoms with Crippen LogP contribution >= 0.6 is 0 Å². The maximum Gasteiger partial charge on any atom is 0.377 e. The minimum absolute atomic E-state index is 0.0402. The van der Waals surface area contributed by atoms with E-state index in [-0.39, 0.29) is 5.82 Å². The number of carbonyl (C=O) groups is 1. The first kappa shape index (κ1) is 7.64. The summed E-state index contributed by atoms with van der Waals surface area (Å²) in [4.78, 5) is 10.9. The molecule has 11 heavy (non-hydrogen) atoms. The van der Waals surface area contributed by atoms with Crippen LogP contribution in [0, 0.1) is 0 Å². The van der Waals surface area contributed by atoms with Gasteiger partial charge in [0.15, 0.2) is 0 Å². The number of ether oxygens (including phenoxy) is 1. The number of nitrogens with zero attached hydrogens (tertiary/aromatic N) is 3. The van der Waals surface area contributed by atoms with Gasteiger partial charge in [-0.25, -0.2) is 9.89 Å². The van der Waals surface area contributed by atoms with Gasteiger partial charge in [0.05, 0.1) is 6.61 Å². The molecule has 1 N–H and O–H groups in total. The average molecular weight is 156 g/mol. The second kappa shape index (κ2) is 3.65. The third-order valence-corrected chi connectivity index (χ3v) is 0.976. The van der Waals surface area contributed by atoms with Crippen LogP contribution in [0.4, 0.5) is 0 Å². The Morgan fingerprint density at radius 2 is 2.55 bits per heavy atom. The summed E-state index contributed by atoms with van der Waals surface area (Å²) in [5.74, 6) is -0.477. The van der Waals surface area contributed by atoms with Crippen molar-refractivity contribution in [2.45, 2.75) is 13.3 Å². The van der Waals surface area contributed by atoms with Gasteiger partial charge >= 0.3 is 5.97 Å². The molecule has 0 saturated carbocycles. The van der Waals surface area contributed by atoms with E-state index in [1.807, 2.05) is 6.92 Å². The summed E-state index contributed by atoms with van der Waals surface area (Å²) in [5, 5.41) is 12.1. The van der Waals surface area contributed by atoms with Crippen molar-refractivity contribution in [1.82, 2.24) is 20.6 Å². The Bertz CT molecular complexity index is 220. The molecule has 0 spiro atoms. The Labute approximate surface area is 62.9 Å². The largest absolute Gasteiger partial charge is 0.460 e. The summed E-state index contributed by atoms with van der Waals surface area (Å²) in [5.41, 5.74) is 0. The average Bonchev–Trinajstić information content (AvgIpc) is 2.52. The number of aromatic nitrogens is 4. The Morgan fingerprint density at radius 1 is 1.73 bits per heavy atom. The van der Waals surface area contributed by atoms with Crippen LogP contribution in [0.5, 0.6) is 0 Å². The number of H-pyrrole nitrogens is 1. The van der Waals surface area contributed by atoms with Crippen LogP contribution in [0.25, 0.3) is 0 Å². The summed E-state index contributed by atoms with van der Waals surface area (Å²) in [6, 6.07) is 0. The molecule has 0 radical (unpaired) electrons. The molecule has 0 aromatic carbocycles. The lowest BCUT2D eigenvalue weighted by Gasteiger charge is -1.96. The van der Waals surface area contributed by atoms with Gasteiger partial charge in [-0.1, -0.05) is 6.92 Å². The Balaban J connectivity index is 2.43. The van der Waals surface area contributed by atoms with Gasteiger partial charge in [0.25, 0.3) is 5.82 Å². The fourth-order valence-electron chi connectivity index (χ4n) is 0.509. The van der Waals surface area contributed by atoms with E-state index in [1.54, 1.807) is 0 Å². The molecule has 6 heteroatoms. The van der Waals surface area contributed by atoms with E-state index < -0.39 is 5.97 Å². The van der Waals surface area contributed by atoms with E-state index >= 15 is 0 Å². The van der Waals surface area contributed by atoms with Gasteiger partial charge in [-0.15, -0.1) is 5.10 Å². The Kier molecular flexibility index (Phi) is 2.53. The zero-order valence-electron chi connectivity index (χ0n) is 6.07. The molecule has 0 unspecified atom stereocenters. The van der Waals surface area contributed by atoms with Crippen molar-refractivity contribution in [3.63, 3.8) is 0 Å². The number of hydrogen-bond acceptors (Lipinski definition) is 5. The molecule has 0 bridgehead atoms. The smallest absolute Gasteiger partial charge is 0.377 e. The number of tetrazole rings is 1. The van der Waals surface area contributed by atoms with Crippen molar-refractivity contribution in [2.24, 2.45) is 0 Å². The van der Waals surface area contributed by atoms with E-state index in [2.05, 4.69) is 20.6 Å². The third-order valence-electron chi connectivity index (χ3n) is 0.976. The summed E-state index contributed by atoms with van der Waals surface area (Å²) < 4.78 is 4.72. The van der Waals surface area contributed by atoms with Crippen molar-refractivity contribution < 1.29 is 9.53 Å². The lowest BCUT2D eigenvalue weighted by molar-refractivity contribution is 0.0491. The van der Waals surface area contributed by atoms with E-state index in [0.717, 1.165) is 6.42 Å². The monoisotopic (exact) mass is 156 g/mol. The number of hydrogen-bond donors (Lipinski definition) is 1. The van der Waals surface area contributed by atoms with Gasteiger partial charge < -0.3 is 4.74 Å². The molecule has 1 heterocycles. The van der Waals surface area contributed by atoms with Crippen LogP contribution in [-0.2, 0) is 4.74 Å². The molecule has 0 atom stereocenters. The summed E-state index contributed by atoms with van der Waals surface area (Å²) in [6.45, 7) is 2.30. The van der Waals surface area contributed by atoms with Gasteiger partial charge in [-0.2, -0.15) is 0 Å². The topological polar surface area (TPSA) is 80.8 Å². The van der Waals surface area contributed by atoms with E-state index in [1.165, 1.54) is 0 Å². The maximum atomic E-state index is 10.9. The first-order valence-corrected chi connectivity index (χ1v) is 3.25. The Morgan fingerprint density at radius 3 is 3.09 bits per heavy atom. The van der Waals surface area contributed by atoms with Crippen LogP contribution < -0.4 is 0 Å². The summed E-state index contributed by atoms with van der Waals surface area (Å²) in [7, 11) is 0. The Hall–Kier alpha value is -1.46. The molecule has 0 aliphatic rings. The molecule has 0 aliphatic heterocycles. The minimum Gasteiger partial charge on any atom is -0.460 e. The summed E-state index contributed by atoms with van der Waals surface area (Å²) >= 11 is 0. The number of esters is 1. The van der Waals surface area contributed by atoms with Gasteiger partial charge in [-0.3, -0.25) is 0 Å². The molecule has 0 aliphatic carbocycles. The van der Waals surface area contributed by atoms with Crippen LogP contribution in [0.1, 0.15) is 24.0 Å². The quantitative estimate of drug-likeness (QED) is 0.611. The van der Waals surface area contributed by atoms with Crippen LogP contribution in [0.2, 0.25) is 0 Å². The second-order valence-electron chi connectivity index (χ2n) is 1.89. The number of nitrogens with one attached hydrogen (secondary N) is 1.